The van der Waals surface area contributed by atoms with Crippen LogP contribution in [0.25, 0.3) is 0 Å². The van der Waals surface area contributed by atoms with Gasteiger partial charge < -0.3 is 9.47 Å². The average Bonchev–Trinajstić information content (AvgIpc) is 3.25. The summed E-state index contributed by atoms with van der Waals surface area (Å²) in [7, 11) is 0. The molecule has 0 radical (unpaired) electrons. The van der Waals surface area contributed by atoms with Crippen molar-refractivity contribution in [3.8, 4) is 17.6 Å². The summed E-state index contributed by atoms with van der Waals surface area (Å²) in [6, 6.07) is 6.57. The van der Waals surface area contributed by atoms with Gasteiger partial charge in [0.05, 0.1) is 12.7 Å². The standard InChI is InChI=1S/C19H26N2O2/c1-3-22-18-10-16-9-14(2)23-19(16)11-17(18)13-21(8-4-7-20)12-15-5-6-15/h10-11,14-15H,3-6,8-9,12-13H2,1-2H3/t14-/m0/s1. The monoisotopic (exact) mass is 314 g/mol. The molecule has 3 rings (SSSR count). The average molecular weight is 314 g/mol. The second-order valence-corrected chi connectivity index (χ2v) is 6.72. The van der Waals surface area contributed by atoms with Crippen molar-refractivity contribution in [2.75, 3.05) is 19.7 Å². The van der Waals surface area contributed by atoms with Gasteiger partial charge in [-0.1, -0.05) is 0 Å². The predicted molar refractivity (Wildman–Crippen MR) is 89.6 cm³/mol. The normalized spacial score (nSPS) is 19.3. The van der Waals surface area contributed by atoms with Crippen LogP contribution < -0.4 is 9.47 Å². The number of hydrogen-bond donors (Lipinski definition) is 0. The van der Waals surface area contributed by atoms with Gasteiger partial charge in [0.25, 0.3) is 0 Å². The van der Waals surface area contributed by atoms with Crippen LogP contribution in [0.2, 0.25) is 0 Å². The van der Waals surface area contributed by atoms with Gasteiger partial charge in [0.1, 0.15) is 17.6 Å². The van der Waals surface area contributed by atoms with E-state index in [0.717, 1.165) is 43.5 Å². The van der Waals surface area contributed by atoms with E-state index in [-0.39, 0.29) is 6.10 Å². The first kappa shape index (κ1) is 16.1. The summed E-state index contributed by atoms with van der Waals surface area (Å²) in [5.74, 6) is 2.79. The molecule has 0 spiro atoms. The molecule has 0 saturated heterocycles. The largest absolute Gasteiger partial charge is 0.494 e. The van der Waals surface area contributed by atoms with Crippen LogP contribution >= 0.6 is 0 Å². The first-order valence-corrected chi connectivity index (χ1v) is 8.74. The van der Waals surface area contributed by atoms with Crippen molar-refractivity contribution in [1.29, 1.82) is 5.26 Å². The van der Waals surface area contributed by atoms with Crippen molar-refractivity contribution in [2.24, 2.45) is 5.92 Å². The Labute approximate surface area is 139 Å². The number of hydrogen-bond acceptors (Lipinski definition) is 4. The lowest BCUT2D eigenvalue weighted by Gasteiger charge is -2.23. The molecular formula is C19H26N2O2. The molecule has 4 heteroatoms. The Hall–Kier alpha value is -1.73. The maximum Gasteiger partial charge on any atom is 0.124 e. The molecule has 1 saturated carbocycles. The zero-order valence-electron chi connectivity index (χ0n) is 14.2. The molecule has 0 amide bonds. The van der Waals surface area contributed by atoms with Crippen LogP contribution in [0.15, 0.2) is 12.1 Å². The molecule has 1 aliphatic carbocycles. The van der Waals surface area contributed by atoms with Crippen LogP contribution in [0.4, 0.5) is 0 Å². The lowest BCUT2D eigenvalue weighted by molar-refractivity contribution is 0.247. The molecule has 0 aromatic heterocycles. The highest BCUT2D eigenvalue weighted by Crippen LogP contribution is 2.36. The van der Waals surface area contributed by atoms with Gasteiger partial charge in [-0.15, -0.1) is 0 Å². The lowest BCUT2D eigenvalue weighted by Crippen LogP contribution is -2.27. The second kappa shape index (κ2) is 7.23. The van der Waals surface area contributed by atoms with E-state index in [2.05, 4.69) is 30.0 Å². The van der Waals surface area contributed by atoms with Crippen LogP contribution in [-0.2, 0) is 13.0 Å². The smallest absolute Gasteiger partial charge is 0.124 e. The van der Waals surface area contributed by atoms with Gasteiger partial charge in [-0.3, -0.25) is 4.90 Å². The Morgan fingerprint density at radius 1 is 1.39 bits per heavy atom. The summed E-state index contributed by atoms with van der Waals surface area (Å²) >= 11 is 0. The maximum absolute atomic E-state index is 8.90. The highest BCUT2D eigenvalue weighted by molar-refractivity contribution is 5.48. The zero-order valence-corrected chi connectivity index (χ0v) is 14.2. The van der Waals surface area contributed by atoms with Crippen LogP contribution in [0.3, 0.4) is 0 Å². The first-order valence-electron chi connectivity index (χ1n) is 8.74. The summed E-state index contributed by atoms with van der Waals surface area (Å²) in [5.41, 5.74) is 2.42. The predicted octanol–water partition coefficient (Wildman–Crippen LogP) is 3.53. The molecular weight excluding hydrogens is 288 g/mol. The van der Waals surface area contributed by atoms with E-state index in [1.54, 1.807) is 0 Å². The summed E-state index contributed by atoms with van der Waals surface area (Å²) in [6.45, 7) is 7.54. The Kier molecular flexibility index (Phi) is 5.07. The molecule has 0 bridgehead atoms. The second-order valence-electron chi connectivity index (χ2n) is 6.72. The van der Waals surface area contributed by atoms with Crippen molar-refractivity contribution < 1.29 is 9.47 Å². The molecule has 1 aliphatic heterocycles. The minimum Gasteiger partial charge on any atom is -0.494 e. The van der Waals surface area contributed by atoms with E-state index in [1.807, 2.05) is 6.92 Å². The third kappa shape index (κ3) is 4.17. The fraction of sp³-hybridized carbons (Fsp3) is 0.632. The number of nitrogens with zero attached hydrogens (tertiary/aromatic N) is 2. The number of benzene rings is 1. The van der Waals surface area contributed by atoms with Crippen molar-refractivity contribution in [2.45, 2.75) is 52.2 Å². The maximum atomic E-state index is 8.90. The molecule has 2 aliphatic rings. The third-order valence-corrected chi connectivity index (χ3v) is 4.53. The van der Waals surface area contributed by atoms with E-state index in [4.69, 9.17) is 14.7 Å². The van der Waals surface area contributed by atoms with Gasteiger partial charge in [0, 0.05) is 43.6 Å². The fourth-order valence-electron chi connectivity index (χ4n) is 3.24. The molecule has 23 heavy (non-hydrogen) atoms. The number of rotatable bonds is 8. The molecule has 0 N–H and O–H groups in total. The van der Waals surface area contributed by atoms with Gasteiger partial charge >= 0.3 is 0 Å². The van der Waals surface area contributed by atoms with Crippen LogP contribution in [0, 0.1) is 17.2 Å². The van der Waals surface area contributed by atoms with Crippen LogP contribution in [-0.4, -0.2) is 30.7 Å². The Morgan fingerprint density at radius 3 is 2.91 bits per heavy atom. The SMILES string of the molecule is CCOc1cc2c(cc1CN(CCC#N)CC1CC1)O[C@@H](C)C2. The number of ether oxygens (including phenoxy) is 2. The van der Waals surface area contributed by atoms with Gasteiger partial charge in [-0.25, -0.2) is 0 Å². The van der Waals surface area contributed by atoms with E-state index in [1.165, 1.54) is 24.0 Å². The van der Waals surface area contributed by atoms with E-state index < -0.39 is 0 Å². The Balaban J connectivity index is 1.78. The molecule has 1 heterocycles. The lowest BCUT2D eigenvalue weighted by atomic mass is 10.1. The minimum absolute atomic E-state index is 0.246. The van der Waals surface area contributed by atoms with Crippen molar-refractivity contribution in [1.82, 2.24) is 4.90 Å². The molecule has 4 nitrogen and oxygen atoms in total. The summed E-state index contributed by atoms with van der Waals surface area (Å²) in [6.07, 6.45) is 4.43. The quantitative estimate of drug-likeness (QED) is 0.736. The summed E-state index contributed by atoms with van der Waals surface area (Å²) < 4.78 is 11.8. The van der Waals surface area contributed by atoms with Crippen molar-refractivity contribution in [3.63, 3.8) is 0 Å². The fourth-order valence-corrected chi connectivity index (χ4v) is 3.24. The summed E-state index contributed by atoms with van der Waals surface area (Å²) in [5, 5.41) is 8.90. The van der Waals surface area contributed by atoms with Crippen molar-refractivity contribution >= 4 is 0 Å². The molecule has 124 valence electrons. The van der Waals surface area contributed by atoms with E-state index in [9.17, 15) is 0 Å². The molecule has 0 unspecified atom stereocenters. The van der Waals surface area contributed by atoms with Gasteiger partial charge in [0.15, 0.2) is 0 Å². The molecule has 1 fully saturated rings. The van der Waals surface area contributed by atoms with Crippen LogP contribution in [0.1, 0.15) is 44.2 Å². The van der Waals surface area contributed by atoms with Gasteiger partial charge in [-0.2, -0.15) is 5.26 Å². The molecule has 1 atom stereocenters. The Bertz CT molecular complexity index is 590. The van der Waals surface area contributed by atoms with Gasteiger partial charge in [-0.05, 0) is 44.7 Å². The molecule has 1 aromatic rings. The Morgan fingerprint density at radius 2 is 2.22 bits per heavy atom. The van der Waals surface area contributed by atoms with Crippen molar-refractivity contribution in [3.05, 3.63) is 23.3 Å². The van der Waals surface area contributed by atoms with Gasteiger partial charge in [0.2, 0.25) is 0 Å². The topological polar surface area (TPSA) is 45.5 Å². The summed E-state index contributed by atoms with van der Waals surface area (Å²) in [4.78, 5) is 2.39. The van der Waals surface area contributed by atoms with Crippen LogP contribution in [0.5, 0.6) is 11.5 Å². The first-order chi connectivity index (χ1) is 11.2. The number of fused-ring (bicyclic) bond motifs is 1. The zero-order chi connectivity index (χ0) is 16.2. The highest BCUT2D eigenvalue weighted by atomic mass is 16.5. The van der Waals surface area contributed by atoms with E-state index >= 15 is 0 Å². The number of nitriles is 1. The molecule has 1 aromatic carbocycles. The van der Waals surface area contributed by atoms with E-state index in [0.29, 0.717) is 13.0 Å². The highest BCUT2D eigenvalue weighted by Gasteiger charge is 2.26. The third-order valence-electron chi connectivity index (χ3n) is 4.53. The minimum atomic E-state index is 0.246.